The summed E-state index contributed by atoms with van der Waals surface area (Å²) >= 11 is 0. The molecule has 0 aromatic rings. The van der Waals surface area contributed by atoms with Crippen molar-refractivity contribution in [3.05, 3.63) is 6.04 Å². The lowest BCUT2D eigenvalue weighted by Gasteiger charge is -1.71. The summed E-state index contributed by atoms with van der Waals surface area (Å²) in [4.78, 5) is 0. The summed E-state index contributed by atoms with van der Waals surface area (Å²) < 4.78 is 0. The Labute approximate surface area is 42.1 Å². The maximum absolute atomic E-state index is 3.67. The largest absolute Gasteiger partial charge is 0.298 e. The van der Waals surface area contributed by atoms with Gasteiger partial charge < -0.3 is 0 Å². The van der Waals surface area contributed by atoms with Crippen molar-refractivity contribution in [2.75, 3.05) is 0 Å². The fraction of sp³-hybridized carbons (Fsp3) is 0.500. The summed E-state index contributed by atoms with van der Waals surface area (Å²) in [5.74, 6) is 0. The van der Waals surface area contributed by atoms with Crippen LogP contribution in [0.1, 0.15) is 13.3 Å². The molecule has 0 radical (unpaired) electrons. The van der Waals surface area contributed by atoms with E-state index in [1.165, 1.54) is 0 Å². The van der Waals surface area contributed by atoms with E-state index in [9.17, 15) is 0 Å². The van der Waals surface area contributed by atoms with Crippen LogP contribution in [-0.2, 0) is 0 Å². The highest BCUT2D eigenvalue weighted by atomic mass is 15.4. The van der Waals surface area contributed by atoms with Crippen LogP contribution in [0.5, 0.6) is 0 Å². The lowest BCUT2D eigenvalue weighted by atomic mass is 10.3. The fourth-order valence-electron chi connectivity index (χ4n) is 0.364. The van der Waals surface area contributed by atoms with Crippen LogP contribution in [0.4, 0.5) is 0 Å². The average molecular weight is 96.1 g/mol. The van der Waals surface area contributed by atoms with Gasteiger partial charge in [0.05, 0.1) is 5.11 Å². The zero-order valence-electron chi connectivity index (χ0n) is 4.13. The van der Waals surface area contributed by atoms with Crippen LogP contribution >= 0.6 is 0 Å². The Morgan fingerprint density at radius 3 is 2.86 bits per heavy atom. The van der Waals surface area contributed by atoms with Crippen LogP contribution < -0.4 is 0 Å². The van der Waals surface area contributed by atoms with Crippen molar-refractivity contribution in [3.63, 3.8) is 0 Å². The summed E-state index contributed by atoms with van der Waals surface area (Å²) in [7, 11) is 0. The molecular weight excluding hydrogens is 90.1 g/mol. The summed E-state index contributed by atoms with van der Waals surface area (Å²) in [5.41, 5.74) is 0. The third-order valence-electron chi connectivity index (χ3n) is 0.794. The third-order valence-corrected chi connectivity index (χ3v) is 0.794. The monoisotopic (exact) mass is 96.1 g/mol. The Balaban J connectivity index is 2.44. The first-order valence-electron chi connectivity index (χ1n) is 2.23. The van der Waals surface area contributed by atoms with Gasteiger partial charge in [0, 0.05) is 5.22 Å². The topological polar surface area (TPSA) is 37.1 Å². The van der Waals surface area contributed by atoms with Gasteiger partial charge in [0.1, 0.15) is 6.42 Å². The molecule has 3 nitrogen and oxygen atoms in total. The Morgan fingerprint density at radius 1 is 1.71 bits per heavy atom. The molecule has 0 aliphatic carbocycles. The first-order chi connectivity index (χ1) is 3.43. The van der Waals surface area contributed by atoms with Crippen molar-refractivity contribution in [3.8, 4) is 0 Å². The van der Waals surface area contributed by atoms with Crippen molar-refractivity contribution in [1.29, 1.82) is 0 Å². The second kappa shape index (κ2) is 1.73. The molecule has 0 fully saturated rings. The molecule has 3 heteroatoms. The number of rotatable bonds is 1. The van der Waals surface area contributed by atoms with Gasteiger partial charge in [-0.3, -0.25) is 0 Å². The molecule has 1 aliphatic rings. The molecule has 0 amide bonds. The van der Waals surface area contributed by atoms with Gasteiger partial charge in [-0.15, -0.1) is 0 Å². The van der Waals surface area contributed by atoms with E-state index in [1.807, 2.05) is 6.92 Å². The van der Waals surface area contributed by atoms with Crippen LogP contribution in [0.15, 0.2) is 15.4 Å². The molecule has 0 unspecified atom stereocenters. The van der Waals surface area contributed by atoms with Crippen molar-refractivity contribution in [2.45, 2.75) is 13.3 Å². The summed E-state index contributed by atoms with van der Waals surface area (Å²) in [6.45, 7) is 2.02. The number of hydrogen-bond donors (Lipinski definition) is 0. The first kappa shape index (κ1) is 4.30. The second-order valence-corrected chi connectivity index (χ2v) is 1.28. The van der Waals surface area contributed by atoms with Crippen molar-refractivity contribution < 1.29 is 0 Å². The minimum absolute atomic E-state index is 0.924. The van der Waals surface area contributed by atoms with Gasteiger partial charge in [0.15, 0.2) is 0 Å². The highest BCUT2D eigenvalue weighted by molar-refractivity contribution is 5.74. The molecule has 0 bridgehead atoms. The minimum Gasteiger partial charge on any atom is -0.0859 e. The lowest BCUT2D eigenvalue weighted by molar-refractivity contribution is 0.939. The summed E-state index contributed by atoms with van der Waals surface area (Å²) in [6, 6.07) is 0.958. The van der Waals surface area contributed by atoms with E-state index in [4.69, 9.17) is 0 Å². The standard InChI is InChI=1S/C4H6N3/c1-2-4-3-5-7-6-4/h3H,2H2,1H3/q+1. The van der Waals surface area contributed by atoms with Gasteiger partial charge in [0.25, 0.3) is 6.04 Å². The molecule has 0 saturated carbocycles. The highest BCUT2D eigenvalue weighted by Crippen LogP contribution is 2.08. The summed E-state index contributed by atoms with van der Waals surface area (Å²) in [5, 5.41) is 10.6. The lowest BCUT2D eigenvalue weighted by Crippen LogP contribution is -1.85. The molecule has 1 rings (SSSR count). The molecule has 0 spiro atoms. The van der Waals surface area contributed by atoms with Crippen LogP contribution in [0, 0.1) is 6.04 Å². The first-order valence-corrected chi connectivity index (χ1v) is 2.23. The SMILES string of the molecule is CC[C+]1C=NN=N1. The highest BCUT2D eigenvalue weighted by Gasteiger charge is 2.17. The minimum atomic E-state index is 0.924. The third kappa shape index (κ3) is 0.765. The Kier molecular flexibility index (Phi) is 1.06. The van der Waals surface area contributed by atoms with Gasteiger partial charge in [0.2, 0.25) is 6.21 Å². The quantitative estimate of drug-likeness (QED) is 0.442. The molecule has 7 heavy (non-hydrogen) atoms. The summed E-state index contributed by atoms with van der Waals surface area (Å²) in [6.07, 6.45) is 2.59. The van der Waals surface area contributed by atoms with Gasteiger partial charge in [-0.25, -0.2) is 0 Å². The maximum Gasteiger partial charge on any atom is 0.298 e. The predicted octanol–water partition coefficient (Wildman–Crippen LogP) is 1.38. The van der Waals surface area contributed by atoms with E-state index in [1.54, 1.807) is 6.21 Å². The van der Waals surface area contributed by atoms with Crippen LogP contribution in [0.2, 0.25) is 0 Å². The van der Waals surface area contributed by atoms with E-state index in [0.717, 1.165) is 12.5 Å². The number of hydrogen-bond acceptors (Lipinski definition) is 3. The van der Waals surface area contributed by atoms with Gasteiger partial charge >= 0.3 is 0 Å². The van der Waals surface area contributed by atoms with E-state index in [0.29, 0.717) is 0 Å². The molecule has 0 saturated heterocycles. The number of nitrogens with zero attached hydrogens (tertiary/aromatic N) is 3. The molecular formula is C4H6N3+. The Bertz CT molecular complexity index is 93.5. The van der Waals surface area contributed by atoms with E-state index in [-0.39, 0.29) is 0 Å². The Hall–Kier alpha value is -0.860. The van der Waals surface area contributed by atoms with Gasteiger partial charge in [-0.05, 0) is 6.92 Å². The maximum atomic E-state index is 3.67. The van der Waals surface area contributed by atoms with Crippen LogP contribution in [0.3, 0.4) is 0 Å². The molecule has 36 valence electrons. The van der Waals surface area contributed by atoms with Crippen LogP contribution in [0.25, 0.3) is 0 Å². The smallest absolute Gasteiger partial charge is 0.0859 e. The van der Waals surface area contributed by atoms with Gasteiger partial charge in [-0.1, -0.05) is 5.10 Å². The zero-order chi connectivity index (χ0) is 5.11. The molecule has 0 aromatic carbocycles. The van der Waals surface area contributed by atoms with E-state index in [2.05, 4.69) is 15.4 Å². The Morgan fingerprint density at radius 2 is 2.57 bits per heavy atom. The predicted molar refractivity (Wildman–Crippen MR) is 26.9 cm³/mol. The van der Waals surface area contributed by atoms with Crippen molar-refractivity contribution >= 4 is 6.21 Å². The average Bonchev–Trinajstić information content (AvgIpc) is 2.14. The molecule has 1 heterocycles. The van der Waals surface area contributed by atoms with Crippen LogP contribution in [-0.4, -0.2) is 6.21 Å². The second-order valence-electron chi connectivity index (χ2n) is 1.28. The molecule has 0 N–H and O–H groups in total. The zero-order valence-corrected chi connectivity index (χ0v) is 4.13. The van der Waals surface area contributed by atoms with E-state index >= 15 is 0 Å². The molecule has 1 aliphatic heterocycles. The molecule has 0 aromatic heterocycles. The van der Waals surface area contributed by atoms with E-state index < -0.39 is 0 Å². The normalized spacial score (nSPS) is 16.4. The van der Waals surface area contributed by atoms with Gasteiger partial charge in [-0.2, -0.15) is 0 Å². The fourth-order valence-corrected chi connectivity index (χ4v) is 0.364. The van der Waals surface area contributed by atoms with Crippen molar-refractivity contribution in [1.82, 2.24) is 0 Å². The van der Waals surface area contributed by atoms with Crippen molar-refractivity contribution in [2.24, 2.45) is 15.4 Å². The molecule has 0 atom stereocenters.